The minimum absolute atomic E-state index is 0.00882. The van der Waals surface area contributed by atoms with Gasteiger partial charge >= 0.3 is 5.97 Å². The molecule has 0 unspecified atom stereocenters. The van der Waals surface area contributed by atoms with Gasteiger partial charge in [-0.05, 0) is 6.92 Å². The Morgan fingerprint density at radius 2 is 1.70 bits per heavy atom. The molecule has 9 nitrogen and oxygen atoms in total. The molecule has 10 heteroatoms. The van der Waals surface area contributed by atoms with Gasteiger partial charge in [-0.2, -0.15) is 0 Å². The third kappa shape index (κ3) is 12.1. The molecule has 0 aromatic rings. The van der Waals surface area contributed by atoms with Crippen molar-refractivity contribution >= 4 is 40.4 Å². The number of esters is 1. The number of carbonyl (C=O) groups is 5. The number of aliphatic hydroxyl groups excluding tert-OH is 1. The van der Waals surface area contributed by atoms with Gasteiger partial charge in [-0.25, -0.2) is 0 Å². The number of aliphatic hydroxyl groups is 1. The zero-order valence-electron chi connectivity index (χ0n) is 16.1. The predicted octanol–water partition coefficient (Wildman–Crippen LogP) is -0.202. The van der Waals surface area contributed by atoms with Crippen molar-refractivity contribution in [1.82, 2.24) is 10.6 Å². The second-order valence-corrected chi connectivity index (χ2v) is 7.81. The van der Waals surface area contributed by atoms with E-state index in [1.165, 1.54) is 13.8 Å². The van der Waals surface area contributed by atoms with Crippen LogP contribution >= 0.6 is 11.8 Å². The zero-order valence-corrected chi connectivity index (χ0v) is 16.9. The summed E-state index contributed by atoms with van der Waals surface area (Å²) in [5, 5.41) is 14.8. The van der Waals surface area contributed by atoms with Gasteiger partial charge in [0.05, 0.1) is 13.0 Å². The van der Waals surface area contributed by atoms with E-state index in [1.807, 2.05) is 0 Å². The summed E-state index contributed by atoms with van der Waals surface area (Å²) in [6, 6.07) is 0. The van der Waals surface area contributed by atoms with Crippen LogP contribution in [0, 0.1) is 5.41 Å². The highest BCUT2D eigenvalue weighted by Crippen LogP contribution is 2.21. The average Bonchev–Trinajstić information content (AvgIpc) is 2.55. The fraction of sp³-hybridized carbons (Fsp3) is 0.706. The molecule has 0 aliphatic rings. The van der Waals surface area contributed by atoms with Crippen molar-refractivity contribution in [3.8, 4) is 0 Å². The van der Waals surface area contributed by atoms with E-state index in [1.54, 1.807) is 13.8 Å². The van der Waals surface area contributed by atoms with Gasteiger partial charge in [0.15, 0.2) is 5.12 Å². The largest absolute Gasteiger partial charge is 0.465 e. The van der Waals surface area contributed by atoms with E-state index in [4.69, 9.17) is 4.74 Å². The third-order valence-electron chi connectivity index (χ3n) is 3.37. The van der Waals surface area contributed by atoms with Gasteiger partial charge in [0.25, 0.3) is 0 Å². The second kappa shape index (κ2) is 12.4. The molecule has 27 heavy (non-hydrogen) atoms. The molecule has 0 saturated heterocycles. The number of ketones is 1. The number of nitrogens with one attached hydrogen (secondary N) is 2. The molecule has 154 valence electrons. The number of hydrogen-bond donors (Lipinski definition) is 3. The summed E-state index contributed by atoms with van der Waals surface area (Å²) in [7, 11) is 0. The molecule has 0 radical (unpaired) electrons. The first-order chi connectivity index (χ1) is 12.5. The molecule has 2 amide bonds. The van der Waals surface area contributed by atoms with Gasteiger partial charge in [-0.1, -0.05) is 25.6 Å². The summed E-state index contributed by atoms with van der Waals surface area (Å²) < 4.78 is 4.83. The molecule has 3 N–H and O–H groups in total. The van der Waals surface area contributed by atoms with Crippen molar-refractivity contribution in [3.05, 3.63) is 0 Å². The Kier molecular flexibility index (Phi) is 11.6. The van der Waals surface area contributed by atoms with Crippen LogP contribution in [-0.2, 0) is 28.7 Å². The Labute approximate surface area is 163 Å². The van der Waals surface area contributed by atoms with Crippen LogP contribution < -0.4 is 10.6 Å². The van der Waals surface area contributed by atoms with E-state index in [2.05, 4.69) is 10.6 Å². The first-order valence-corrected chi connectivity index (χ1v) is 9.45. The Hall–Kier alpha value is -1.94. The van der Waals surface area contributed by atoms with E-state index in [-0.39, 0.29) is 49.3 Å². The minimum atomic E-state index is -1.40. The first-order valence-electron chi connectivity index (χ1n) is 8.46. The third-order valence-corrected chi connectivity index (χ3v) is 4.24. The van der Waals surface area contributed by atoms with Gasteiger partial charge in [-0.15, -0.1) is 0 Å². The van der Waals surface area contributed by atoms with Gasteiger partial charge in [-0.3, -0.25) is 24.0 Å². The SMILES string of the molecule is CC(=O)CC(=O)SCCNC(=O)CCNC(=O)[C@H](O)C(C)(C)COC(C)=O. The molecule has 0 aromatic carbocycles. The van der Waals surface area contributed by atoms with E-state index < -0.39 is 23.4 Å². The molecule has 0 bridgehead atoms. The molecule has 0 heterocycles. The summed E-state index contributed by atoms with van der Waals surface area (Å²) in [5.74, 6) is -1.33. The van der Waals surface area contributed by atoms with Crippen LogP contribution in [0.25, 0.3) is 0 Å². The van der Waals surface area contributed by atoms with Crippen LogP contribution in [0.15, 0.2) is 0 Å². The normalized spacial score (nSPS) is 12.0. The molecule has 0 fully saturated rings. The minimum Gasteiger partial charge on any atom is -0.465 e. The maximum atomic E-state index is 11.9. The van der Waals surface area contributed by atoms with Gasteiger partial charge < -0.3 is 20.5 Å². The number of hydrogen-bond acceptors (Lipinski definition) is 8. The lowest BCUT2D eigenvalue weighted by atomic mass is 9.87. The summed E-state index contributed by atoms with van der Waals surface area (Å²) in [5.41, 5.74) is -0.971. The lowest BCUT2D eigenvalue weighted by Gasteiger charge is -2.28. The fourth-order valence-corrected chi connectivity index (χ4v) is 2.55. The second-order valence-electron chi connectivity index (χ2n) is 6.66. The fourth-order valence-electron chi connectivity index (χ4n) is 1.82. The predicted molar refractivity (Wildman–Crippen MR) is 99.8 cm³/mol. The molecular formula is C17H28N2O7S. The number of ether oxygens (including phenoxy) is 1. The van der Waals surface area contributed by atoms with E-state index in [0.717, 1.165) is 11.8 Å². The van der Waals surface area contributed by atoms with Crippen molar-refractivity contribution in [1.29, 1.82) is 0 Å². The summed E-state index contributed by atoms with van der Waals surface area (Å²) in [6.07, 6.45) is -1.51. The van der Waals surface area contributed by atoms with Gasteiger partial charge in [0.2, 0.25) is 11.8 Å². The van der Waals surface area contributed by atoms with Gasteiger partial charge in [0.1, 0.15) is 11.9 Å². The van der Waals surface area contributed by atoms with Crippen molar-refractivity contribution in [3.63, 3.8) is 0 Å². The Morgan fingerprint density at radius 3 is 2.26 bits per heavy atom. The highest BCUT2D eigenvalue weighted by atomic mass is 32.2. The lowest BCUT2D eigenvalue weighted by Crippen LogP contribution is -2.46. The molecule has 1 atom stereocenters. The molecule has 0 aliphatic heterocycles. The molecule has 0 spiro atoms. The Bertz CT molecular complexity index is 563. The van der Waals surface area contributed by atoms with Crippen LogP contribution in [0.1, 0.15) is 40.5 Å². The molecule has 0 saturated carbocycles. The summed E-state index contributed by atoms with van der Waals surface area (Å²) >= 11 is 0.976. The maximum absolute atomic E-state index is 11.9. The van der Waals surface area contributed by atoms with Crippen LogP contribution in [0.3, 0.4) is 0 Å². The molecule has 0 aliphatic carbocycles. The van der Waals surface area contributed by atoms with Crippen molar-refractivity contribution in [2.75, 3.05) is 25.4 Å². The highest BCUT2D eigenvalue weighted by Gasteiger charge is 2.34. The van der Waals surface area contributed by atoms with E-state index >= 15 is 0 Å². The monoisotopic (exact) mass is 404 g/mol. The zero-order chi connectivity index (χ0) is 21.0. The summed E-state index contributed by atoms with van der Waals surface area (Å²) in [6.45, 7) is 5.91. The quantitative estimate of drug-likeness (QED) is 0.231. The molecular weight excluding hydrogens is 376 g/mol. The Morgan fingerprint density at radius 1 is 1.07 bits per heavy atom. The number of thioether (sulfide) groups is 1. The number of rotatable bonds is 12. The Balaban J connectivity index is 4.02. The highest BCUT2D eigenvalue weighted by molar-refractivity contribution is 8.13. The van der Waals surface area contributed by atoms with Crippen molar-refractivity contribution in [2.45, 2.75) is 46.6 Å². The van der Waals surface area contributed by atoms with Gasteiger partial charge in [0, 0.05) is 37.6 Å². The smallest absolute Gasteiger partial charge is 0.302 e. The van der Waals surface area contributed by atoms with Crippen molar-refractivity contribution < 1.29 is 33.8 Å². The van der Waals surface area contributed by atoms with Crippen molar-refractivity contribution in [2.24, 2.45) is 5.41 Å². The van der Waals surface area contributed by atoms with Crippen LogP contribution in [0.5, 0.6) is 0 Å². The number of carbonyl (C=O) groups excluding carboxylic acids is 5. The van der Waals surface area contributed by atoms with Crippen LogP contribution in [-0.4, -0.2) is 65.3 Å². The molecule has 0 rings (SSSR count). The average molecular weight is 404 g/mol. The van der Waals surface area contributed by atoms with E-state index in [0.29, 0.717) is 5.75 Å². The lowest BCUT2D eigenvalue weighted by molar-refractivity contribution is -0.151. The van der Waals surface area contributed by atoms with Crippen LogP contribution in [0.4, 0.5) is 0 Å². The van der Waals surface area contributed by atoms with E-state index in [9.17, 15) is 29.1 Å². The molecule has 0 aromatic heterocycles. The standard InChI is InChI=1S/C17H28N2O7S/c1-11(20)9-14(23)27-8-7-18-13(22)5-6-19-16(25)15(24)17(3,4)10-26-12(2)21/h15,24H,5-10H2,1-4H3,(H,18,22)(H,19,25)/t15-/m0/s1. The number of Topliss-reactive ketones (excluding diaryl/α,β-unsaturated/α-hetero) is 1. The maximum Gasteiger partial charge on any atom is 0.302 e. The topological polar surface area (TPSA) is 139 Å². The summed E-state index contributed by atoms with van der Waals surface area (Å²) in [4.78, 5) is 56.5. The van der Waals surface area contributed by atoms with Crippen LogP contribution in [0.2, 0.25) is 0 Å². The first kappa shape index (κ1) is 25.1. The number of amides is 2.